The van der Waals surface area contributed by atoms with Crippen molar-refractivity contribution in [1.82, 2.24) is 10.2 Å². The number of para-hydroxylation sites is 1. The van der Waals surface area contributed by atoms with E-state index in [9.17, 15) is 0 Å². The molecule has 1 heterocycles. The quantitative estimate of drug-likeness (QED) is 0.780. The molecule has 0 aromatic heterocycles. The van der Waals surface area contributed by atoms with E-state index in [1.807, 2.05) is 6.07 Å². The molecule has 1 atom stereocenters. The second-order valence-electron chi connectivity index (χ2n) is 5.23. The fourth-order valence-corrected chi connectivity index (χ4v) is 2.42. The molecule has 0 saturated carbocycles. The minimum Gasteiger partial charge on any atom is -0.493 e. The Balaban J connectivity index is 1.77. The molecule has 0 amide bonds. The Labute approximate surface area is 110 Å². The summed E-state index contributed by atoms with van der Waals surface area (Å²) in [5, 5.41) is 3.57. The van der Waals surface area contributed by atoms with Crippen molar-refractivity contribution in [3.8, 4) is 5.75 Å². The van der Waals surface area contributed by atoms with Crippen LogP contribution in [0.25, 0.3) is 0 Å². The van der Waals surface area contributed by atoms with Gasteiger partial charge in [-0.3, -0.25) is 0 Å². The van der Waals surface area contributed by atoms with Gasteiger partial charge in [0.2, 0.25) is 0 Å². The zero-order chi connectivity index (χ0) is 12.8. The molecule has 3 heteroatoms. The van der Waals surface area contributed by atoms with Gasteiger partial charge in [0.05, 0.1) is 6.61 Å². The molecule has 0 spiro atoms. The lowest BCUT2D eigenvalue weighted by atomic mass is 9.93. The Morgan fingerprint density at radius 3 is 3.00 bits per heavy atom. The number of nitrogens with zero attached hydrogens (tertiary/aromatic N) is 1. The molecule has 3 nitrogen and oxygen atoms in total. The number of nitrogens with one attached hydrogen (secondary N) is 1. The molecular weight excluding hydrogens is 224 g/mol. The summed E-state index contributed by atoms with van der Waals surface area (Å²) >= 11 is 0. The molecule has 1 aliphatic rings. The lowest BCUT2D eigenvalue weighted by molar-refractivity contribution is 0.264. The van der Waals surface area contributed by atoms with Gasteiger partial charge in [0.1, 0.15) is 5.75 Å². The highest BCUT2D eigenvalue weighted by molar-refractivity contribution is 5.37. The third kappa shape index (κ3) is 3.72. The zero-order valence-corrected chi connectivity index (χ0v) is 11.5. The van der Waals surface area contributed by atoms with Crippen LogP contribution >= 0.6 is 0 Å². The molecule has 2 rings (SSSR count). The van der Waals surface area contributed by atoms with Crippen LogP contribution in [0.1, 0.15) is 24.3 Å². The van der Waals surface area contributed by atoms with Crippen molar-refractivity contribution in [2.24, 2.45) is 0 Å². The average molecular weight is 248 g/mol. The van der Waals surface area contributed by atoms with Gasteiger partial charge in [-0.25, -0.2) is 0 Å². The van der Waals surface area contributed by atoms with Gasteiger partial charge in [0.25, 0.3) is 0 Å². The molecular formula is C15H24N2O. The highest BCUT2D eigenvalue weighted by Crippen LogP contribution is 2.32. The zero-order valence-electron chi connectivity index (χ0n) is 11.5. The lowest BCUT2D eigenvalue weighted by Crippen LogP contribution is -2.28. The van der Waals surface area contributed by atoms with Crippen LogP contribution in [0.5, 0.6) is 5.75 Å². The first-order valence-corrected chi connectivity index (χ1v) is 6.84. The first kappa shape index (κ1) is 13.4. The molecule has 1 aromatic rings. The summed E-state index contributed by atoms with van der Waals surface area (Å²) in [6.45, 7) is 4.16. The van der Waals surface area contributed by atoms with Crippen molar-refractivity contribution < 1.29 is 4.74 Å². The van der Waals surface area contributed by atoms with Crippen molar-refractivity contribution in [1.29, 1.82) is 0 Å². The van der Waals surface area contributed by atoms with E-state index in [1.54, 1.807) is 0 Å². The van der Waals surface area contributed by atoms with Gasteiger partial charge < -0.3 is 15.0 Å². The average Bonchev–Trinajstić information content (AvgIpc) is 2.38. The van der Waals surface area contributed by atoms with E-state index in [2.05, 4.69) is 42.5 Å². The maximum atomic E-state index is 5.68. The summed E-state index contributed by atoms with van der Waals surface area (Å²) in [4.78, 5) is 2.23. The van der Waals surface area contributed by atoms with Crippen LogP contribution < -0.4 is 10.1 Å². The Morgan fingerprint density at radius 2 is 2.17 bits per heavy atom. The van der Waals surface area contributed by atoms with Gasteiger partial charge >= 0.3 is 0 Å². The third-order valence-corrected chi connectivity index (χ3v) is 3.43. The molecule has 1 unspecified atom stereocenters. The van der Waals surface area contributed by atoms with Gasteiger partial charge in [-0.1, -0.05) is 18.2 Å². The number of fused-ring (bicyclic) bond motifs is 1. The maximum Gasteiger partial charge on any atom is 0.122 e. The van der Waals surface area contributed by atoms with E-state index >= 15 is 0 Å². The predicted molar refractivity (Wildman–Crippen MR) is 75.3 cm³/mol. The Morgan fingerprint density at radius 1 is 1.33 bits per heavy atom. The molecule has 0 radical (unpaired) electrons. The Bertz CT molecular complexity index is 365. The lowest BCUT2D eigenvalue weighted by Gasteiger charge is -2.26. The van der Waals surface area contributed by atoms with Crippen molar-refractivity contribution in [3.63, 3.8) is 0 Å². The molecule has 100 valence electrons. The number of hydrogen-bond acceptors (Lipinski definition) is 3. The summed E-state index contributed by atoms with van der Waals surface area (Å²) in [6.07, 6.45) is 2.33. The smallest absolute Gasteiger partial charge is 0.122 e. The van der Waals surface area contributed by atoms with Crippen LogP contribution in [0.2, 0.25) is 0 Å². The van der Waals surface area contributed by atoms with Crippen LogP contribution in [0, 0.1) is 0 Å². The van der Waals surface area contributed by atoms with Gasteiger partial charge in [-0.15, -0.1) is 0 Å². The summed E-state index contributed by atoms with van der Waals surface area (Å²) in [7, 11) is 4.24. The molecule has 1 N–H and O–H groups in total. The van der Waals surface area contributed by atoms with E-state index in [-0.39, 0.29) is 0 Å². The first-order chi connectivity index (χ1) is 8.77. The summed E-state index contributed by atoms with van der Waals surface area (Å²) in [5.74, 6) is 1.68. The van der Waals surface area contributed by atoms with Gasteiger partial charge in [-0.05, 0) is 51.7 Å². The number of rotatable bonds is 6. The van der Waals surface area contributed by atoms with Crippen LogP contribution in [0.15, 0.2) is 24.3 Å². The Kier molecular flexibility index (Phi) is 5.02. The number of benzene rings is 1. The van der Waals surface area contributed by atoms with Crippen molar-refractivity contribution in [2.45, 2.75) is 18.8 Å². The molecule has 0 saturated heterocycles. The molecule has 0 bridgehead atoms. The topological polar surface area (TPSA) is 24.5 Å². The summed E-state index contributed by atoms with van der Waals surface area (Å²) < 4.78 is 5.68. The fourth-order valence-electron chi connectivity index (χ4n) is 2.42. The van der Waals surface area contributed by atoms with Crippen LogP contribution in [-0.4, -0.2) is 45.2 Å². The van der Waals surface area contributed by atoms with Crippen LogP contribution in [0.4, 0.5) is 0 Å². The van der Waals surface area contributed by atoms with Gasteiger partial charge in [0, 0.05) is 12.5 Å². The van der Waals surface area contributed by atoms with E-state index in [4.69, 9.17) is 4.74 Å². The third-order valence-electron chi connectivity index (χ3n) is 3.43. The van der Waals surface area contributed by atoms with Gasteiger partial charge in [-0.2, -0.15) is 0 Å². The highest BCUT2D eigenvalue weighted by atomic mass is 16.5. The van der Waals surface area contributed by atoms with E-state index in [0.717, 1.165) is 38.4 Å². The Hall–Kier alpha value is -1.06. The summed E-state index contributed by atoms with van der Waals surface area (Å²) in [6, 6.07) is 8.42. The van der Waals surface area contributed by atoms with Crippen molar-refractivity contribution in [2.75, 3.05) is 40.3 Å². The number of hydrogen-bond donors (Lipinski definition) is 1. The van der Waals surface area contributed by atoms with E-state index in [1.165, 1.54) is 12.0 Å². The monoisotopic (exact) mass is 248 g/mol. The minimum atomic E-state index is 0.606. The molecule has 1 aromatic carbocycles. The molecule has 0 fully saturated rings. The summed E-state index contributed by atoms with van der Waals surface area (Å²) in [5.41, 5.74) is 1.36. The highest BCUT2D eigenvalue weighted by Gasteiger charge is 2.20. The number of ether oxygens (including phenoxy) is 1. The standard InChI is InChI=1S/C15H24N2O/c1-17(2)10-5-9-16-12-13-8-11-18-15-7-4-3-6-14(13)15/h3-4,6-7,13,16H,5,8-12H2,1-2H3. The second-order valence-corrected chi connectivity index (χ2v) is 5.23. The molecule has 18 heavy (non-hydrogen) atoms. The second kappa shape index (κ2) is 6.76. The van der Waals surface area contributed by atoms with Crippen molar-refractivity contribution in [3.05, 3.63) is 29.8 Å². The largest absolute Gasteiger partial charge is 0.493 e. The van der Waals surface area contributed by atoms with Crippen molar-refractivity contribution >= 4 is 0 Å². The van der Waals surface area contributed by atoms with E-state index < -0.39 is 0 Å². The maximum absolute atomic E-state index is 5.68. The van der Waals surface area contributed by atoms with E-state index in [0.29, 0.717) is 5.92 Å². The van der Waals surface area contributed by atoms with Gasteiger partial charge in [0.15, 0.2) is 0 Å². The van der Waals surface area contributed by atoms with Crippen LogP contribution in [0.3, 0.4) is 0 Å². The molecule has 0 aliphatic carbocycles. The first-order valence-electron chi connectivity index (χ1n) is 6.84. The normalized spacial score (nSPS) is 18.5. The SMILES string of the molecule is CN(C)CCCNCC1CCOc2ccccc21. The van der Waals surface area contributed by atoms with Crippen LogP contribution in [-0.2, 0) is 0 Å². The predicted octanol–water partition coefficient (Wildman–Crippen LogP) is 2.09. The fraction of sp³-hybridized carbons (Fsp3) is 0.600. The minimum absolute atomic E-state index is 0.606. The molecule has 1 aliphatic heterocycles.